The van der Waals surface area contributed by atoms with Crippen LogP contribution in [0, 0.1) is 0 Å². The maximum atomic E-state index is 10.0. The number of nitrogen functional groups attached to an aromatic ring is 1. The van der Waals surface area contributed by atoms with E-state index in [2.05, 4.69) is 0 Å². The molecule has 0 spiro atoms. The number of hydrogen-bond acceptors (Lipinski definition) is 3. The average molecular weight is 235 g/mol. The maximum Gasteiger partial charge on any atom is 0.104 e. The molecule has 3 heteroatoms. The van der Waals surface area contributed by atoms with Crippen molar-refractivity contribution in [3.8, 4) is 0 Å². The topological polar surface area (TPSA) is 55.5 Å². The highest BCUT2D eigenvalue weighted by atomic mass is 16.5. The van der Waals surface area contributed by atoms with E-state index in [9.17, 15) is 5.11 Å². The van der Waals surface area contributed by atoms with Crippen LogP contribution in [-0.4, -0.2) is 17.8 Å². The van der Waals surface area contributed by atoms with Gasteiger partial charge in [0.25, 0.3) is 0 Å². The first-order valence-electron chi connectivity index (χ1n) is 6.41. The zero-order chi connectivity index (χ0) is 12.1. The van der Waals surface area contributed by atoms with Gasteiger partial charge in [-0.15, -0.1) is 0 Å². The van der Waals surface area contributed by atoms with Crippen molar-refractivity contribution in [2.24, 2.45) is 0 Å². The summed E-state index contributed by atoms with van der Waals surface area (Å²) in [6.07, 6.45) is 5.76. The Hall–Kier alpha value is -1.06. The van der Waals surface area contributed by atoms with Gasteiger partial charge in [-0.2, -0.15) is 0 Å². The Morgan fingerprint density at radius 1 is 1.24 bits per heavy atom. The van der Waals surface area contributed by atoms with Crippen molar-refractivity contribution in [3.05, 3.63) is 29.8 Å². The number of benzene rings is 1. The van der Waals surface area contributed by atoms with Gasteiger partial charge in [-0.1, -0.05) is 37.5 Å². The van der Waals surface area contributed by atoms with E-state index in [1.807, 2.05) is 18.2 Å². The van der Waals surface area contributed by atoms with Gasteiger partial charge in [-0.05, 0) is 18.9 Å². The first-order valence-corrected chi connectivity index (χ1v) is 6.41. The molecule has 1 unspecified atom stereocenters. The van der Waals surface area contributed by atoms with E-state index < -0.39 is 6.10 Å². The van der Waals surface area contributed by atoms with Crippen LogP contribution in [-0.2, 0) is 4.74 Å². The summed E-state index contributed by atoms with van der Waals surface area (Å²) in [4.78, 5) is 0. The fraction of sp³-hybridized carbons (Fsp3) is 0.571. The van der Waals surface area contributed by atoms with Crippen LogP contribution in [0.2, 0.25) is 0 Å². The standard InChI is InChI=1S/C14H21NO2/c15-13-9-5-4-8-12(13)14(16)10-17-11-6-2-1-3-7-11/h4-5,8-9,11,14,16H,1-3,6-7,10,15H2. The second kappa shape index (κ2) is 6.03. The first-order chi connectivity index (χ1) is 8.27. The monoisotopic (exact) mass is 235 g/mol. The van der Waals surface area contributed by atoms with Crippen LogP contribution in [0.25, 0.3) is 0 Å². The molecule has 0 radical (unpaired) electrons. The van der Waals surface area contributed by atoms with Crippen molar-refractivity contribution in [2.45, 2.75) is 44.3 Å². The number of hydrogen-bond donors (Lipinski definition) is 2. The van der Waals surface area contributed by atoms with Crippen LogP contribution in [0.15, 0.2) is 24.3 Å². The molecule has 0 heterocycles. The number of rotatable bonds is 4. The molecule has 94 valence electrons. The van der Waals surface area contributed by atoms with E-state index in [4.69, 9.17) is 10.5 Å². The van der Waals surface area contributed by atoms with E-state index in [0.717, 1.165) is 18.4 Å². The van der Waals surface area contributed by atoms with Crippen LogP contribution in [0.1, 0.15) is 43.8 Å². The number of para-hydroxylation sites is 1. The Morgan fingerprint density at radius 3 is 2.65 bits per heavy atom. The molecule has 1 aromatic rings. The van der Waals surface area contributed by atoms with Crippen molar-refractivity contribution in [3.63, 3.8) is 0 Å². The number of anilines is 1. The summed E-state index contributed by atoms with van der Waals surface area (Å²) in [7, 11) is 0. The number of nitrogens with two attached hydrogens (primary N) is 1. The third-order valence-corrected chi connectivity index (χ3v) is 3.40. The van der Waals surface area contributed by atoms with Gasteiger partial charge in [0.2, 0.25) is 0 Å². The third-order valence-electron chi connectivity index (χ3n) is 3.40. The molecule has 3 nitrogen and oxygen atoms in total. The summed E-state index contributed by atoms with van der Waals surface area (Å²) in [5.74, 6) is 0. The second-order valence-electron chi connectivity index (χ2n) is 4.74. The van der Waals surface area contributed by atoms with Crippen LogP contribution in [0.4, 0.5) is 5.69 Å². The molecule has 1 saturated carbocycles. The summed E-state index contributed by atoms with van der Waals surface area (Å²) in [5.41, 5.74) is 7.21. The fourth-order valence-corrected chi connectivity index (χ4v) is 2.36. The van der Waals surface area contributed by atoms with Gasteiger partial charge in [0, 0.05) is 11.3 Å². The molecule has 1 aromatic carbocycles. The van der Waals surface area contributed by atoms with E-state index in [0.29, 0.717) is 18.4 Å². The predicted octanol–water partition coefficient (Wildman–Crippen LogP) is 2.65. The summed E-state index contributed by atoms with van der Waals surface area (Å²) < 4.78 is 5.75. The lowest BCUT2D eigenvalue weighted by Crippen LogP contribution is -2.20. The van der Waals surface area contributed by atoms with Gasteiger partial charge < -0.3 is 15.6 Å². The normalized spacial score (nSPS) is 19.1. The predicted molar refractivity (Wildman–Crippen MR) is 68.6 cm³/mol. The molecule has 1 aliphatic carbocycles. The van der Waals surface area contributed by atoms with Gasteiger partial charge in [0.1, 0.15) is 6.10 Å². The summed E-state index contributed by atoms with van der Waals surface area (Å²) >= 11 is 0. The minimum atomic E-state index is -0.613. The smallest absolute Gasteiger partial charge is 0.104 e. The van der Waals surface area contributed by atoms with Gasteiger partial charge in [-0.3, -0.25) is 0 Å². The minimum absolute atomic E-state index is 0.323. The molecule has 0 aromatic heterocycles. The molecule has 1 atom stereocenters. The highest BCUT2D eigenvalue weighted by Gasteiger charge is 2.17. The Morgan fingerprint density at radius 2 is 1.94 bits per heavy atom. The molecule has 3 N–H and O–H groups in total. The Balaban J connectivity index is 1.84. The van der Waals surface area contributed by atoms with Crippen molar-refractivity contribution < 1.29 is 9.84 Å². The van der Waals surface area contributed by atoms with Crippen LogP contribution in [0.5, 0.6) is 0 Å². The molecule has 2 rings (SSSR count). The number of ether oxygens (including phenoxy) is 1. The minimum Gasteiger partial charge on any atom is -0.398 e. The highest BCUT2D eigenvalue weighted by molar-refractivity contribution is 5.47. The SMILES string of the molecule is Nc1ccccc1C(O)COC1CCCCC1. The molecule has 1 aliphatic rings. The molecule has 0 amide bonds. The Labute approximate surface area is 103 Å². The van der Waals surface area contributed by atoms with Crippen LogP contribution >= 0.6 is 0 Å². The van der Waals surface area contributed by atoms with E-state index in [-0.39, 0.29) is 0 Å². The quantitative estimate of drug-likeness (QED) is 0.789. The number of aliphatic hydroxyl groups is 1. The van der Waals surface area contributed by atoms with Crippen molar-refractivity contribution in [1.82, 2.24) is 0 Å². The Bertz CT molecular complexity index is 348. The zero-order valence-corrected chi connectivity index (χ0v) is 10.1. The van der Waals surface area contributed by atoms with Crippen molar-refractivity contribution in [1.29, 1.82) is 0 Å². The van der Waals surface area contributed by atoms with Crippen LogP contribution in [0.3, 0.4) is 0 Å². The van der Waals surface area contributed by atoms with E-state index in [1.54, 1.807) is 6.07 Å². The van der Waals surface area contributed by atoms with E-state index in [1.165, 1.54) is 19.3 Å². The maximum absolute atomic E-state index is 10.0. The van der Waals surface area contributed by atoms with Gasteiger partial charge in [0.15, 0.2) is 0 Å². The molecule has 17 heavy (non-hydrogen) atoms. The van der Waals surface area contributed by atoms with Crippen LogP contribution < -0.4 is 5.73 Å². The molecular weight excluding hydrogens is 214 g/mol. The van der Waals surface area contributed by atoms with Crippen molar-refractivity contribution >= 4 is 5.69 Å². The lowest BCUT2D eigenvalue weighted by atomic mass is 9.98. The Kier molecular flexibility index (Phi) is 4.40. The largest absolute Gasteiger partial charge is 0.398 e. The average Bonchev–Trinajstić information content (AvgIpc) is 2.38. The third kappa shape index (κ3) is 3.45. The molecular formula is C14H21NO2. The summed E-state index contributed by atoms with van der Waals surface area (Å²) in [6, 6.07) is 7.41. The zero-order valence-electron chi connectivity index (χ0n) is 10.1. The summed E-state index contributed by atoms with van der Waals surface area (Å²) in [6.45, 7) is 0.346. The molecule has 0 aliphatic heterocycles. The lowest BCUT2D eigenvalue weighted by molar-refractivity contribution is -0.0243. The number of aliphatic hydroxyl groups excluding tert-OH is 1. The van der Waals surface area contributed by atoms with Crippen molar-refractivity contribution in [2.75, 3.05) is 12.3 Å². The fourth-order valence-electron chi connectivity index (χ4n) is 2.36. The highest BCUT2D eigenvalue weighted by Crippen LogP contribution is 2.24. The first kappa shape index (κ1) is 12.4. The van der Waals surface area contributed by atoms with Gasteiger partial charge in [0.05, 0.1) is 12.7 Å². The lowest BCUT2D eigenvalue weighted by Gasteiger charge is -2.23. The molecule has 1 fully saturated rings. The van der Waals surface area contributed by atoms with E-state index >= 15 is 0 Å². The second-order valence-corrected chi connectivity index (χ2v) is 4.74. The van der Waals surface area contributed by atoms with Gasteiger partial charge in [-0.25, -0.2) is 0 Å². The molecule has 0 bridgehead atoms. The van der Waals surface area contributed by atoms with Gasteiger partial charge >= 0.3 is 0 Å². The summed E-state index contributed by atoms with van der Waals surface area (Å²) in [5, 5.41) is 10.0. The molecule has 0 saturated heterocycles.